The number of aromatic nitrogens is 1. The molecule has 1 aromatic carbocycles. The minimum atomic E-state index is -3.81. The Morgan fingerprint density at radius 3 is 2.66 bits per heavy atom. The normalized spacial score (nSPS) is 11.0. The van der Waals surface area contributed by atoms with Gasteiger partial charge >= 0.3 is 5.97 Å². The highest BCUT2D eigenvalue weighted by Crippen LogP contribution is 2.16. The van der Waals surface area contributed by atoms with Gasteiger partial charge in [-0.05, 0) is 42.5 Å². The molecule has 3 rings (SSSR count). The summed E-state index contributed by atoms with van der Waals surface area (Å²) in [5.74, 6) is -0.890. The fourth-order valence-corrected chi connectivity index (χ4v) is 3.33. The maximum absolute atomic E-state index is 12.4. The molecule has 1 amide bonds. The molecule has 0 radical (unpaired) electrons. The second kappa shape index (κ2) is 9.13. The van der Waals surface area contributed by atoms with E-state index in [1.165, 1.54) is 42.8 Å². The number of carbonyl (C=O) groups is 2. The van der Waals surface area contributed by atoms with Crippen molar-refractivity contribution in [3.8, 4) is 0 Å². The van der Waals surface area contributed by atoms with E-state index in [1.807, 2.05) is 0 Å². The van der Waals surface area contributed by atoms with Crippen LogP contribution in [0.4, 0.5) is 5.69 Å². The Bertz CT molecular complexity index is 1080. The highest BCUT2D eigenvalue weighted by Gasteiger charge is 2.16. The lowest BCUT2D eigenvalue weighted by Crippen LogP contribution is -2.24. The maximum Gasteiger partial charge on any atom is 0.357 e. The van der Waals surface area contributed by atoms with Gasteiger partial charge in [0, 0.05) is 11.9 Å². The van der Waals surface area contributed by atoms with Gasteiger partial charge in [0.25, 0.3) is 5.91 Å². The number of pyridine rings is 1. The quantitative estimate of drug-likeness (QED) is 0.538. The molecule has 0 aliphatic heterocycles. The third-order valence-electron chi connectivity index (χ3n) is 3.65. The molecule has 0 saturated heterocycles. The lowest BCUT2D eigenvalue weighted by molar-refractivity contribution is -0.119. The molecule has 29 heavy (non-hydrogen) atoms. The molecule has 0 spiro atoms. The van der Waals surface area contributed by atoms with Crippen LogP contribution >= 0.6 is 0 Å². The fraction of sp³-hybridized carbons (Fsp3) is 0.105. The second-order valence-electron chi connectivity index (χ2n) is 5.77. The number of anilines is 1. The van der Waals surface area contributed by atoms with Gasteiger partial charge in [-0.2, -0.15) is 0 Å². The number of esters is 1. The number of carbonyl (C=O) groups excluding carboxylic acids is 2. The topological polar surface area (TPSA) is 128 Å². The predicted octanol–water partition coefficient (Wildman–Crippen LogP) is 1.95. The summed E-state index contributed by atoms with van der Waals surface area (Å²) < 4.78 is 37.2. The first-order valence-corrected chi connectivity index (χ1v) is 9.92. The zero-order valence-electron chi connectivity index (χ0n) is 15.1. The van der Waals surface area contributed by atoms with Crippen molar-refractivity contribution in [2.45, 2.75) is 11.4 Å². The highest BCUT2D eigenvalue weighted by atomic mass is 32.2. The molecule has 2 N–H and O–H groups in total. The molecule has 2 heterocycles. The van der Waals surface area contributed by atoms with Gasteiger partial charge in [0.2, 0.25) is 10.0 Å². The second-order valence-corrected chi connectivity index (χ2v) is 7.54. The number of hydrogen-bond acceptors (Lipinski definition) is 7. The van der Waals surface area contributed by atoms with Crippen molar-refractivity contribution in [3.63, 3.8) is 0 Å². The number of benzene rings is 1. The van der Waals surface area contributed by atoms with Gasteiger partial charge in [0.1, 0.15) is 11.5 Å². The third kappa shape index (κ3) is 5.74. The van der Waals surface area contributed by atoms with Crippen LogP contribution in [0.1, 0.15) is 16.2 Å². The molecule has 0 unspecified atom stereocenters. The average molecular weight is 415 g/mol. The molecule has 9 nitrogen and oxygen atoms in total. The number of hydrogen-bond donors (Lipinski definition) is 2. The van der Waals surface area contributed by atoms with Crippen molar-refractivity contribution in [3.05, 3.63) is 78.5 Å². The van der Waals surface area contributed by atoms with Gasteiger partial charge < -0.3 is 14.5 Å². The third-order valence-corrected chi connectivity index (χ3v) is 5.05. The molecule has 150 valence electrons. The highest BCUT2D eigenvalue weighted by molar-refractivity contribution is 7.89. The monoisotopic (exact) mass is 415 g/mol. The lowest BCUT2D eigenvalue weighted by atomic mass is 10.3. The molecular formula is C19H17N3O6S. The molecule has 0 aliphatic rings. The Kier molecular flexibility index (Phi) is 6.37. The summed E-state index contributed by atoms with van der Waals surface area (Å²) in [5, 5.41) is 2.48. The number of nitrogens with zero attached hydrogens (tertiary/aromatic N) is 1. The molecule has 0 fully saturated rings. The van der Waals surface area contributed by atoms with Crippen LogP contribution in [0.5, 0.6) is 0 Å². The van der Waals surface area contributed by atoms with E-state index in [0.29, 0.717) is 5.76 Å². The smallest absolute Gasteiger partial charge is 0.357 e. The van der Waals surface area contributed by atoms with Crippen molar-refractivity contribution in [1.29, 1.82) is 0 Å². The van der Waals surface area contributed by atoms with E-state index in [1.54, 1.807) is 24.3 Å². The summed E-state index contributed by atoms with van der Waals surface area (Å²) in [6.07, 6.45) is 2.88. The van der Waals surface area contributed by atoms with Gasteiger partial charge in [-0.1, -0.05) is 12.1 Å². The molecule has 3 aromatic rings. The fourth-order valence-electron chi connectivity index (χ4n) is 2.29. The summed E-state index contributed by atoms with van der Waals surface area (Å²) >= 11 is 0. The number of amides is 1. The van der Waals surface area contributed by atoms with E-state index < -0.39 is 28.5 Å². The average Bonchev–Trinajstić information content (AvgIpc) is 3.25. The first kappa shape index (κ1) is 20.2. The van der Waals surface area contributed by atoms with E-state index in [0.717, 1.165) is 0 Å². The van der Waals surface area contributed by atoms with Crippen molar-refractivity contribution in [2.24, 2.45) is 0 Å². The Morgan fingerprint density at radius 2 is 1.93 bits per heavy atom. The molecule has 0 aliphatic carbocycles. The largest absolute Gasteiger partial charge is 0.468 e. The van der Waals surface area contributed by atoms with E-state index in [4.69, 9.17) is 9.15 Å². The zero-order valence-corrected chi connectivity index (χ0v) is 15.9. The van der Waals surface area contributed by atoms with Gasteiger partial charge in [-0.15, -0.1) is 0 Å². The molecule has 0 atom stereocenters. The Hall–Kier alpha value is -3.50. The first-order chi connectivity index (χ1) is 13.9. The predicted molar refractivity (Wildman–Crippen MR) is 102 cm³/mol. The summed E-state index contributed by atoms with van der Waals surface area (Å²) in [4.78, 5) is 27.6. The minimum Gasteiger partial charge on any atom is -0.468 e. The summed E-state index contributed by atoms with van der Waals surface area (Å²) in [6, 6.07) is 13.7. The SMILES string of the molecule is O=C(COC(=O)c1ccccn1)Nc1cccc(S(=O)(=O)NCc2ccco2)c1. The van der Waals surface area contributed by atoms with Crippen molar-refractivity contribution < 1.29 is 27.2 Å². The van der Waals surface area contributed by atoms with Crippen LogP contribution in [-0.4, -0.2) is 31.9 Å². The molecule has 10 heteroatoms. The number of nitrogens with one attached hydrogen (secondary N) is 2. The van der Waals surface area contributed by atoms with Crippen LogP contribution in [-0.2, 0) is 26.1 Å². The molecule has 2 aromatic heterocycles. The van der Waals surface area contributed by atoms with Crippen molar-refractivity contribution in [2.75, 3.05) is 11.9 Å². The Morgan fingerprint density at radius 1 is 1.07 bits per heavy atom. The maximum atomic E-state index is 12.4. The Balaban J connectivity index is 1.57. The van der Waals surface area contributed by atoms with Crippen LogP contribution < -0.4 is 10.0 Å². The van der Waals surface area contributed by atoms with Gasteiger partial charge in [0.05, 0.1) is 17.7 Å². The van der Waals surface area contributed by atoms with Crippen LogP contribution in [0.2, 0.25) is 0 Å². The zero-order chi connectivity index (χ0) is 20.7. The van der Waals surface area contributed by atoms with E-state index in [2.05, 4.69) is 15.0 Å². The van der Waals surface area contributed by atoms with Gasteiger partial charge in [-0.3, -0.25) is 4.79 Å². The van der Waals surface area contributed by atoms with Crippen molar-refractivity contribution >= 4 is 27.6 Å². The molecule has 0 saturated carbocycles. The molecule has 0 bridgehead atoms. The first-order valence-electron chi connectivity index (χ1n) is 8.44. The summed E-state index contributed by atoms with van der Waals surface area (Å²) in [5.41, 5.74) is 0.320. The van der Waals surface area contributed by atoms with Crippen molar-refractivity contribution in [1.82, 2.24) is 9.71 Å². The molecular weight excluding hydrogens is 398 g/mol. The lowest BCUT2D eigenvalue weighted by Gasteiger charge is -2.09. The van der Waals surface area contributed by atoms with Gasteiger partial charge in [-0.25, -0.2) is 22.9 Å². The number of ether oxygens (including phenoxy) is 1. The number of sulfonamides is 1. The van der Waals surface area contributed by atoms with E-state index in [9.17, 15) is 18.0 Å². The standard InChI is InChI=1S/C19H17N3O6S/c23-18(13-28-19(24)17-8-1-2-9-20-17)22-14-5-3-7-16(11-14)29(25,26)21-12-15-6-4-10-27-15/h1-11,21H,12-13H2,(H,22,23). The van der Waals surface area contributed by atoms with E-state index >= 15 is 0 Å². The summed E-state index contributed by atoms with van der Waals surface area (Å²) in [6.45, 7) is -0.543. The minimum absolute atomic E-state index is 0.00457. The van der Waals surface area contributed by atoms with Crippen LogP contribution in [0.25, 0.3) is 0 Å². The van der Waals surface area contributed by atoms with Crippen LogP contribution in [0, 0.1) is 0 Å². The van der Waals surface area contributed by atoms with Crippen LogP contribution in [0.3, 0.4) is 0 Å². The number of furan rings is 1. The summed E-state index contributed by atoms with van der Waals surface area (Å²) in [7, 11) is -3.81. The number of rotatable bonds is 8. The van der Waals surface area contributed by atoms with Crippen LogP contribution in [0.15, 0.2) is 76.4 Å². The van der Waals surface area contributed by atoms with E-state index in [-0.39, 0.29) is 22.8 Å². The Labute approximate surface area is 166 Å². The van der Waals surface area contributed by atoms with Gasteiger partial charge in [0.15, 0.2) is 6.61 Å².